The van der Waals surface area contributed by atoms with Crippen molar-refractivity contribution >= 4 is 28.4 Å². The molecular weight excluding hydrogens is 491 g/mol. The van der Waals surface area contributed by atoms with E-state index in [1.807, 2.05) is 56.3 Å². The summed E-state index contributed by atoms with van der Waals surface area (Å²) in [6.07, 6.45) is 0.521. The summed E-state index contributed by atoms with van der Waals surface area (Å²) in [5.74, 6) is -0.172. The molecule has 1 aromatic heterocycles. The Balaban J connectivity index is 1.89. The Morgan fingerprint density at radius 3 is 2.38 bits per heavy atom. The molecule has 0 saturated carbocycles. The molecule has 6 nitrogen and oxygen atoms in total. The van der Waals surface area contributed by atoms with E-state index in [9.17, 15) is 14.0 Å². The van der Waals surface area contributed by atoms with Crippen LogP contribution in [0.1, 0.15) is 41.1 Å². The number of nitrogens with zero attached hydrogens (tertiary/aromatic N) is 4. The largest absolute Gasteiger partial charge is 0.327 e. The third kappa shape index (κ3) is 6.06. The molecule has 3 aromatic carbocycles. The Morgan fingerprint density at radius 1 is 1.03 bits per heavy atom. The van der Waals surface area contributed by atoms with E-state index in [1.165, 1.54) is 24.3 Å². The molecule has 1 heterocycles. The van der Waals surface area contributed by atoms with Gasteiger partial charge < -0.3 is 9.80 Å². The average molecular weight is 521 g/mol. The smallest absolute Gasteiger partial charge is 0.261 e. The van der Waals surface area contributed by atoms with Gasteiger partial charge in [-0.15, -0.1) is 0 Å². The molecule has 0 bridgehead atoms. The minimum Gasteiger partial charge on any atom is -0.327 e. The van der Waals surface area contributed by atoms with Crippen LogP contribution >= 0.6 is 11.6 Å². The van der Waals surface area contributed by atoms with Crippen LogP contribution in [0.5, 0.6) is 0 Å². The van der Waals surface area contributed by atoms with Crippen molar-refractivity contribution in [3.8, 4) is 0 Å². The molecule has 4 aromatic rings. The normalized spacial score (nSPS) is 12.2. The highest BCUT2D eigenvalue weighted by molar-refractivity contribution is 6.31. The molecule has 0 saturated heterocycles. The van der Waals surface area contributed by atoms with Crippen molar-refractivity contribution in [3.63, 3.8) is 0 Å². The zero-order valence-corrected chi connectivity index (χ0v) is 22.0. The first-order chi connectivity index (χ1) is 17.8. The van der Waals surface area contributed by atoms with E-state index >= 15 is 0 Å². The number of carbonyl (C=O) groups excluding carboxylic acids is 1. The summed E-state index contributed by atoms with van der Waals surface area (Å²) in [6, 6.07) is 19.7. The van der Waals surface area contributed by atoms with Crippen LogP contribution in [0.15, 0.2) is 77.6 Å². The second-order valence-electron chi connectivity index (χ2n) is 9.24. The van der Waals surface area contributed by atoms with Crippen molar-refractivity contribution in [1.29, 1.82) is 0 Å². The number of carbonyl (C=O) groups is 1. The Morgan fingerprint density at radius 2 is 1.73 bits per heavy atom. The lowest BCUT2D eigenvalue weighted by Gasteiger charge is -2.33. The number of hydrogen-bond donors (Lipinski definition) is 0. The fraction of sp³-hybridized carbons (Fsp3) is 0.276. The monoisotopic (exact) mass is 520 g/mol. The first-order valence-corrected chi connectivity index (χ1v) is 12.6. The maximum Gasteiger partial charge on any atom is 0.261 e. The molecule has 1 atom stereocenters. The molecule has 192 valence electrons. The van der Waals surface area contributed by atoms with Gasteiger partial charge in [-0.25, -0.2) is 9.37 Å². The zero-order valence-electron chi connectivity index (χ0n) is 21.2. The van der Waals surface area contributed by atoms with Crippen LogP contribution in [0, 0.1) is 5.82 Å². The van der Waals surface area contributed by atoms with E-state index in [2.05, 4.69) is 0 Å². The van der Waals surface area contributed by atoms with Gasteiger partial charge in [-0.05, 0) is 68.5 Å². The molecule has 0 radical (unpaired) electrons. The summed E-state index contributed by atoms with van der Waals surface area (Å²) in [6.45, 7) is 3.28. The topological polar surface area (TPSA) is 58.4 Å². The summed E-state index contributed by atoms with van der Waals surface area (Å²) in [5.41, 5.74) is 1.61. The van der Waals surface area contributed by atoms with Crippen LogP contribution < -0.4 is 5.56 Å². The lowest BCUT2D eigenvalue weighted by atomic mass is 10.1. The number of fused-ring (bicyclic) bond motifs is 1. The fourth-order valence-electron chi connectivity index (χ4n) is 4.39. The third-order valence-corrected chi connectivity index (χ3v) is 6.57. The molecule has 0 aliphatic carbocycles. The zero-order chi connectivity index (χ0) is 26.5. The van der Waals surface area contributed by atoms with E-state index in [1.54, 1.807) is 27.7 Å². The summed E-state index contributed by atoms with van der Waals surface area (Å²) in [4.78, 5) is 36.2. The number of halogens is 2. The first-order valence-electron chi connectivity index (χ1n) is 12.2. The lowest BCUT2D eigenvalue weighted by Crippen LogP contribution is -2.42. The van der Waals surface area contributed by atoms with Gasteiger partial charge in [-0.2, -0.15) is 0 Å². The van der Waals surface area contributed by atoms with Gasteiger partial charge in [-0.3, -0.25) is 14.2 Å². The van der Waals surface area contributed by atoms with Crippen LogP contribution in [-0.4, -0.2) is 52.4 Å². The highest BCUT2D eigenvalue weighted by Gasteiger charge is 2.29. The Labute approximate surface area is 220 Å². The number of rotatable bonds is 9. The predicted octanol–water partition coefficient (Wildman–Crippen LogP) is 5.39. The number of aromatic nitrogens is 2. The van der Waals surface area contributed by atoms with Crippen LogP contribution in [-0.2, 0) is 6.54 Å². The Bertz CT molecular complexity index is 1440. The first kappa shape index (κ1) is 26.5. The maximum atomic E-state index is 13.8. The van der Waals surface area contributed by atoms with Crippen LogP contribution in [0.2, 0.25) is 5.02 Å². The van der Waals surface area contributed by atoms with E-state index in [0.717, 1.165) is 5.56 Å². The second kappa shape index (κ2) is 11.7. The van der Waals surface area contributed by atoms with Gasteiger partial charge in [0, 0.05) is 23.7 Å². The Hall–Kier alpha value is -3.55. The molecule has 1 unspecified atom stereocenters. The standard InChI is InChI=1S/C29H30ClFN4O2/c1-4-26(34(17-16-33(2)3)28(36)21-10-13-23(31)14-11-21)27-32-25-18-22(30)12-15-24(25)29(37)35(27)19-20-8-6-5-7-9-20/h5-15,18,26H,4,16-17,19H2,1-3H3. The average Bonchev–Trinajstić information content (AvgIpc) is 2.88. The quantitative estimate of drug-likeness (QED) is 0.297. The Kier molecular flexibility index (Phi) is 8.36. The SMILES string of the molecule is CCC(c1nc2cc(Cl)ccc2c(=O)n1Cc1ccccc1)N(CCN(C)C)C(=O)c1ccc(F)cc1. The molecular formula is C29H30ClFN4O2. The van der Waals surface area contributed by atoms with E-state index in [4.69, 9.17) is 16.6 Å². The van der Waals surface area contributed by atoms with Crippen molar-refractivity contribution in [2.75, 3.05) is 27.2 Å². The number of likely N-dealkylation sites (N-methyl/N-ethyl adjacent to an activating group) is 1. The third-order valence-electron chi connectivity index (χ3n) is 6.33. The minimum absolute atomic E-state index is 0.194. The molecule has 0 aliphatic rings. The summed E-state index contributed by atoms with van der Waals surface area (Å²) < 4.78 is 15.2. The summed E-state index contributed by atoms with van der Waals surface area (Å²) >= 11 is 6.25. The van der Waals surface area contributed by atoms with Gasteiger partial charge in [0.1, 0.15) is 11.6 Å². The van der Waals surface area contributed by atoms with Crippen molar-refractivity contribution in [1.82, 2.24) is 19.4 Å². The van der Waals surface area contributed by atoms with Gasteiger partial charge in [0.2, 0.25) is 0 Å². The minimum atomic E-state index is -0.503. The van der Waals surface area contributed by atoms with Gasteiger partial charge >= 0.3 is 0 Å². The lowest BCUT2D eigenvalue weighted by molar-refractivity contribution is 0.0642. The van der Waals surface area contributed by atoms with E-state index in [0.29, 0.717) is 53.4 Å². The molecule has 0 fully saturated rings. The van der Waals surface area contributed by atoms with Gasteiger partial charge in [0.15, 0.2) is 0 Å². The molecule has 0 N–H and O–H groups in total. The fourth-order valence-corrected chi connectivity index (χ4v) is 4.56. The van der Waals surface area contributed by atoms with Crippen molar-refractivity contribution < 1.29 is 9.18 Å². The predicted molar refractivity (Wildman–Crippen MR) is 146 cm³/mol. The van der Waals surface area contributed by atoms with Crippen molar-refractivity contribution in [3.05, 3.63) is 111 Å². The number of benzene rings is 3. The highest BCUT2D eigenvalue weighted by atomic mass is 35.5. The van der Waals surface area contributed by atoms with Crippen molar-refractivity contribution in [2.24, 2.45) is 0 Å². The maximum absolute atomic E-state index is 13.8. The second-order valence-corrected chi connectivity index (χ2v) is 9.68. The molecule has 4 rings (SSSR count). The van der Waals surface area contributed by atoms with Gasteiger partial charge in [-0.1, -0.05) is 48.9 Å². The van der Waals surface area contributed by atoms with Crippen LogP contribution in [0.25, 0.3) is 10.9 Å². The molecule has 37 heavy (non-hydrogen) atoms. The molecule has 0 aliphatic heterocycles. The summed E-state index contributed by atoms with van der Waals surface area (Å²) in [7, 11) is 3.87. The van der Waals surface area contributed by atoms with Gasteiger partial charge in [0.25, 0.3) is 11.5 Å². The summed E-state index contributed by atoms with van der Waals surface area (Å²) in [5, 5.41) is 0.940. The molecule has 1 amide bonds. The van der Waals surface area contributed by atoms with E-state index in [-0.39, 0.29) is 11.5 Å². The number of amides is 1. The van der Waals surface area contributed by atoms with Gasteiger partial charge in [0.05, 0.1) is 23.5 Å². The molecule has 8 heteroatoms. The van der Waals surface area contributed by atoms with E-state index < -0.39 is 11.9 Å². The number of hydrogen-bond acceptors (Lipinski definition) is 4. The van der Waals surface area contributed by atoms with Crippen molar-refractivity contribution in [2.45, 2.75) is 25.9 Å². The van der Waals surface area contributed by atoms with Crippen LogP contribution in [0.3, 0.4) is 0 Å². The highest BCUT2D eigenvalue weighted by Crippen LogP contribution is 2.27. The van der Waals surface area contributed by atoms with Crippen LogP contribution in [0.4, 0.5) is 4.39 Å². The molecule has 0 spiro atoms.